The molecule has 0 bridgehead atoms. The van der Waals surface area contributed by atoms with Crippen LogP contribution in [0.2, 0.25) is 0 Å². The van der Waals surface area contributed by atoms with Gasteiger partial charge in [0.15, 0.2) is 0 Å². The van der Waals surface area contributed by atoms with Gasteiger partial charge in [-0.2, -0.15) is 0 Å². The number of hydrogen-bond acceptors (Lipinski definition) is 2. The number of epoxide rings is 1. The first kappa shape index (κ1) is 17.2. The maximum absolute atomic E-state index is 5.97. The van der Waals surface area contributed by atoms with E-state index in [-0.39, 0.29) is 5.60 Å². The Kier molecular flexibility index (Phi) is 5.70. The lowest BCUT2D eigenvalue weighted by molar-refractivity contribution is 0.0981. The van der Waals surface area contributed by atoms with Gasteiger partial charge in [-0.1, -0.05) is 80.4 Å². The van der Waals surface area contributed by atoms with E-state index in [2.05, 4.69) is 79.4 Å². The van der Waals surface area contributed by atoms with Crippen LogP contribution in [0.3, 0.4) is 0 Å². The molecule has 0 amide bonds. The fraction of sp³-hybridized carbons (Fsp3) is 0.455. The molecule has 0 aromatic heterocycles. The smallest absolute Gasteiger partial charge is 0.107 e. The molecule has 1 heterocycles. The second kappa shape index (κ2) is 7.96. The lowest BCUT2D eigenvalue weighted by Gasteiger charge is -2.33. The maximum atomic E-state index is 5.97. The van der Waals surface area contributed by atoms with Crippen LogP contribution in [-0.2, 0) is 17.8 Å². The van der Waals surface area contributed by atoms with Crippen LogP contribution in [0.25, 0.3) is 0 Å². The van der Waals surface area contributed by atoms with Crippen LogP contribution < -0.4 is 0 Å². The number of hydrogen-bond donors (Lipinski definition) is 0. The molecule has 0 aliphatic carbocycles. The quantitative estimate of drug-likeness (QED) is 0.601. The minimum atomic E-state index is 0.0690. The Morgan fingerprint density at radius 2 is 1.46 bits per heavy atom. The summed E-state index contributed by atoms with van der Waals surface area (Å²) in [5.41, 5.74) is 2.80. The van der Waals surface area contributed by atoms with E-state index in [0.717, 1.165) is 19.7 Å². The third-order valence-electron chi connectivity index (χ3n) is 5.23. The van der Waals surface area contributed by atoms with E-state index in [1.54, 1.807) is 0 Å². The lowest BCUT2D eigenvalue weighted by atomic mass is 9.93. The van der Waals surface area contributed by atoms with Gasteiger partial charge in [-0.15, -0.1) is 0 Å². The van der Waals surface area contributed by atoms with Crippen LogP contribution in [0, 0.1) is 0 Å². The maximum Gasteiger partial charge on any atom is 0.107 e. The van der Waals surface area contributed by atoms with Crippen LogP contribution in [0.4, 0.5) is 0 Å². The first-order chi connectivity index (χ1) is 11.7. The zero-order valence-corrected chi connectivity index (χ0v) is 14.9. The fourth-order valence-electron chi connectivity index (χ4n) is 3.46. The van der Waals surface area contributed by atoms with Crippen molar-refractivity contribution in [2.24, 2.45) is 0 Å². The highest BCUT2D eigenvalue weighted by Crippen LogP contribution is 2.39. The Hall–Kier alpha value is -1.64. The van der Waals surface area contributed by atoms with Crippen molar-refractivity contribution in [2.75, 3.05) is 6.61 Å². The number of ether oxygens (including phenoxy) is 1. The lowest BCUT2D eigenvalue weighted by Crippen LogP contribution is -2.43. The Morgan fingerprint density at radius 1 is 0.958 bits per heavy atom. The van der Waals surface area contributed by atoms with E-state index in [1.165, 1.54) is 30.4 Å². The van der Waals surface area contributed by atoms with Crippen LogP contribution in [0.1, 0.15) is 44.2 Å². The van der Waals surface area contributed by atoms with Gasteiger partial charge in [0.05, 0.1) is 6.61 Å². The highest BCUT2D eigenvalue weighted by molar-refractivity contribution is 5.18. The average molecular weight is 323 g/mol. The van der Waals surface area contributed by atoms with E-state index < -0.39 is 0 Å². The second-order valence-corrected chi connectivity index (χ2v) is 7.01. The van der Waals surface area contributed by atoms with Crippen molar-refractivity contribution in [1.82, 2.24) is 4.90 Å². The van der Waals surface area contributed by atoms with Crippen LogP contribution >= 0.6 is 0 Å². The molecule has 3 rings (SSSR count). The van der Waals surface area contributed by atoms with E-state index in [4.69, 9.17) is 4.74 Å². The van der Waals surface area contributed by atoms with E-state index in [0.29, 0.717) is 6.04 Å². The third-order valence-corrected chi connectivity index (χ3v) is 5.23. The molecule has 2 atom stereocenters. The number of benzene rings is 2. The van der Waals surface area contributed by atoms with Crippen LogP contribution in [-0.4, -0.2) is 23.1 Å². The molecule has 2 aromatic rings. The van der Waals surface area contributed by atoms with Gasteiger partial charge in [-0.3, -0.25) is 4.90 Å². The van der Waals surface area contributed by atoms with Gasteiger partial charge >= 0.3 is 0 Å². The molecule has 1 fully saturated rings. The summed E-state index contributed by atoms with van der Waals surface area (Å²) < 4.78 is 5.97. The molecule has 1 saturated heterocycles. The van der Waals surface area contributed by atoms with E-state index >= 15 is 0 Å². The average Bonchev–Trinajstić information content (AvgIpc) is 3.42. The first-order valence-corrected chi connectivity index (χ1v) is 9.19. The summed E-state index contributed by atoms with van der Waals surface area (Å²) in [7, 11) is 0. The Bertz CT molecular complexity index is 565. The van der Waals surface area contributed by atoms with Crippen molar-refractivity contribution < 1.29 is 4.74 Å². The number of rotatable bonds is 9. The van der Waals surface area contributed by atoms with Gasteiger partial charge in [0.2, 0.25) is 0 Å². The molecule has 0 unspecified atom stereocenters. The normalized spacial score (nSPS) is 21.0. The Balaban J connectivity index is 1.76. The van der Waals surface area contributed by atoms with Gasteiger partial charge in [0.1, 0.15) is 5.60 Å². The van der Waals surface area contributed by atoms with Crippen molar-refractivity contribution in [1.29, 1.82) is 0 Å². The molecule has 0 spiro atoms. The molecular weight excluding hydrogens is 294 g/mol. The first-order valence-electron chi connectivity index (χ1n) is 9.19. The Morgan fingerprint density at radius 3 is 1.88 bits per heavy atom. The minimum absolute atomic E-state index is 0.0690. The van der Waals surface area contributed by atoms with Gasteiger partial charge in [-0.05, 0) is 24.5 Å². The molecule has 0 saturated carbocycles. The summed E-state index contributed by atoms with van der Waals surface area (Å²) >= 11 is 0. The summed E-state index contributed by atoms with van der Waals surface area (Å²) in [6.07, 6.45) is 3.65. The summed E-state index contributed by atoms with van der Waals surface area (Å²) in [4.78, 5) is 2.58. The molecule has 24 heavy (non-hydrogen) atoms. The van der Waals surface area contributed by atoms with Crippen molar-refractivity contribution in [3.05, 3.63) is 71.8 Å². The monoisotopic (exact) mass is 323 g/mol. The molecule has 2 heteroatoms. The SMILES string of the molecule is CCCC[C@@]1([C@H](C)N(Cc2ccccc2)Cc2ccccc2)CO1. The van der Waals surface area contributed by atoms with E-state index in [1.807, 2.05) is 0 Å². The molecule has 0 radical (unpaired) electrons. The van der Waals surface area contributed by atoms with Crippen LogP contribution in [0.15, 0.2) is 60.7 Å². The van der Waals surface area contributed by atoms with Crippen molar-refractivity contribution in [3.8, 4) is 0 Å². The summed E-state index contributed by atoms with van der Waals surface area (Å²) in [6.45, 7) is 7.44. The molecule has 0 N–H and O–H groups in total. The second-order valence-electron chi connectivity index (χ2n) is 7.01. The van der Waals surface area contributed by atoms with E-state index in [9.17, 15) is 0 Å². The molecule has 2 nitrogen and oxygen atoms in total. The molecule has 128 valence electrons. The summed E-state index contributed by atoms with van der Waals surface area (Å²) in [5.74, 6) is 0. The standard InChI is InChI=1S/C22H29NO/c1-3-4-15-22(18-24-22)19(2)23(16-20-11-7-5-8-12-20)17-21-13-9-6-10-14-21/h5-14,19H,3-4,15-18H2,1-2H3/t19-,22-/m0/s1. The zero-order chi connectivity index (χ0) is 16.8. The predicted molar refractivity (Wildman–Crippen MR) is 99.8 cm³/mol. The number of nitrogens with zero attached hydrogens (tertiary/aromatic N) is 1. The topological polar surface area (TPSA) is 15.8 Å². The summed E-state index contributed by atoms with van der Waals surface area (Å²) in [6, 6.07) is 22.0. The number of unbranched alkanes of at least 4 members (excludes halogenated alkanes) is 1. The fourth-order valence-corrected chi connectivity index (χ4v) is 3.46. The molecule has 1 aliphatic heterocycles. The van der Waals surface area contributed by atoms with Crippen LogP contribution in [0.5, 0.6) is 0 Å². The molecule has 2 aromatic carbocycles. The zero-order valence-electron chi connectivity index (χ0n) is 14.9. The Labute approximate surface area is 146 Å². The summed E-state index contributed by atoms with van der Waals surface area (Å²) in [5, 5.41) is 0. The highest BCUT2D eigenvalue weighted by atomic mass is 16.6. The van der Waals surface area contributed by atoms with Gasteiger partial charge in [-0.25, -0.2) is 0 Å². The van der Waals surface area contributed by atoms with Crippen molar-refractivity contribution in [3.63, 3.8) is 0 Å². The van der Waals surface area contributed by atoms with Crippen molar-refractivity contribution in [2.45, 2.75) is 57.8 Å². The van der Waals surface area contributed by atoms with Gasteiger partial charge < -0.3 is 4.74 Å². The third kappa shape index (κ3) is 4.25. The van der Waals surface area contributed by atoms with Gasteiger partial charge in [0.25, 0.3) is 0 Å². The van der Waals surface area contributed by atoms with Crippen molar-refractivity contribution >= 4 is 0 Å². The minimum Gasteiger partial charge on any atom is -0.368 e. The van der Waals surface area contributed by atoms with Gasteiger partial charge in [0, 0.05) is 19.1 Å². The highest BCUT2D eigenvalue weighted by Gasteiger charge is 2.50. The predicted octanol–water partition coefficient (Wildman–Crippen LogP) is 5.04. The molecule has 1 aliphatic rings. The largest absolute Gasteiger partial charge is 0.368 e. The molecular formula is C22H29NO.